The van der Waals surface area contributed by atoms with Crippen LogP contribution < -0.4 is 10.1 Å². The molecule has 16 heavy (non-hydrogen) atoms. The van der Waals surface area contributed by atoms with E-state index >= 15 is 0 Å². The molecule has 0 aromatic heterocycles. The van der Waals surface area contributed by atoms with E-state index in [1.165, 1.54) is 0 Å². The minimum absolute atomic E-state index is 0.633. The van der Waals surface area contributed by atoms with Crippen LogP contribution in [0, 0.1) is 0 Å². The fraction of sp³-hybridized carbons (Fsp3) is 0.500. The van der Waals surface area contributed by atoms with Crippen LogP contribution in [-0.4, -0.2) is 33.9 Å². The number of ether oxygens (including phenoxy) is 3. The number of hydrogen-bond acceptors (Lipinski definition) is 4. The van der Waals surface area contributed by atoms with Gasteiger partial charge < -0.3 is 19.5 Å². The van der Waals surface area contributed by atoms with Gasteiger partial charge in [-0.25, -0.2) is 0 Å². The summed E-state index contributed by atoms with van der Waals surface area (Å²) in [7, 11) is 3.54. The molecule has 0 aliphatic carbocycles. The molecule has 0 radical (unpaired) electrons. The number of hydrogen-bond donors (Lipinski definition) is 1. The van der Waals surface area contributed by atoms with Gasteiger partial charge in [0.15, 0.2) is 0 Å². The van der Waals surface area contributed by atoms with Gasteiger partial charge in [0.05, 0.1) is 26.9 Å². The average molecular weight is 223 g/mol. The minimum Gasteiger partial charge on any atom is -0.497 e. The highest BCUT2D eigenvalue weighted by Gasteiger charge is 2.37. The van der Waals surface area contributed by atoms with Gasteiger partial charge in [-0.15, -0.1) is 0 Å². The van der Waals surface area contributed by atoms with Crippen molar-refractivity contribution in [3.8, 4) is 5.75 Å². The van der Waals surface area contributed by atoms with E-state index in [4.69, 9.17) is 14.2 Å². The molecule has 4 heteroatoms. The van der Waals surface area contributed by atoms with Crippen molar-refractivity contribution in [2.45, 2.75) is 5.79 Å². The first-order chi connectivity index (χ1) is 7.80. The Balaban J connectivity index is 2.24. The third-order valence-corrected chi connectivity index (χ3v) is 2.69. The average Bonchev–Trinajstić information content (AvgIpc) is 2.80. The Morgan fingerprint density at radius 1 is 1.25 bits per heavy atom. The summed E-state index contributed by atoms with van der Waals surface area (Å²) in [6.07, 6.45) is 0. The monoisotopic (exact) mass is 223 g/mol. The van der Waals surface area contributed by atoms with Crippen LogP contribution in [0.25, 0.3) is 0 Å². The Morgan fingerprint density at radius 2 is 1.88 bits per heavy atom. The number of methoxy groups -OCH3 is 1. The molecule has 1 saturated heterocycles. The highest BCUT2D eigenvalue weighted by atomic mass is 16.7. The molecule has 88 valence electrons. The first-order valence-electron chi connectivity index (χ1n) is 5.38. The van der Waals surface area contributed by atoms with E-state index in [2.05, 4.69) is 5.32 Å². The SMILES string of the molecule is CNCC1(c2ccc(OC)cc2)OCCO1. The summed E-state index contributed by atoms with van der Waals surface area (Å²) in [4.78, 5) is 0. The summed E-state index contributed by atoms with van der Waals surface area (Å²) in [5.74, 6) is 0.197. The standard InChI is InChI=1S/C12H17NO3/c1-13-9-12(15-7-8-16-12)10-3-5-11(14-2)6-4-10/h3-6,13H,7-9H2,1-2H3. The third kappa shape index (κ3) is 2.04. The minimum atomic E-state index is -0.638. The van der Waals surface area contributed by atoms with Crippen LogP contribution in [-0.2, 0) is 15.3 Å². The lowest BCUT2D eigenvalue weighted by Crippen LogP contribution is -2.37. The van der Waals surface area contributed by atoms with Gasteiger partial charge >= 0.3 is 0 Å². The van der Waals surface area contributed by atoms with Crippen LogP contribution in [0.15, 0.2) is 24.3 Å². The zero-order valence-electron chi connectivity index (χ0n) is 9.66. The van der Waals surface area contributed by atoms with Crippen molar-refractivity contribution in [2.24, 2.45) is 0 Å². The summed E-state index contributed by atoms with van der Waals surface area (Å²) in [5.41, 5.74) is 1.01. The summed E-state index contributed by atoms with van der Waals surface area (Å²) in [6, 6.07) is 7.78. The maximum absolute atomic E-state index is 5.72. The maximum atomic E-state index is 5.72. The van der Waals surface area contributed by atoms with Gasteiger partial charge in [0.1, 0.15) is 5.75 Å². The quantitative estimate of drug-likeness (QED) is 0.830. The van der Waals surface area contributed by atoms with E-state index < -0.39 is 5.79 Å². The molecule has 1 aromatic rings. The van der Waals surface area contributed by atoms with Crippen molar-refractivity contribution in [2.75, 3.05) is 33.9 Å². The van der Waals surface area contributed by atoms with Gasteiger partial charge in [0.25, 0.3) is 0 Å². The molecule has 0 spiro atoms. The second-order valence-corrected chi connectivity index (χ2v) is 3.71. The van der Waals surface area contributed by atoms with Crippen LogP contribution in [0.3, 0.4) is 0 Å². The molecular formula is C12H17NO3. The molecule has 0 saturated carbocycles. The van der Waals surface area contributed by atoms with Crippen molar-refractivity contribution >= 4 is 0 Å². The lowest BCUT2D eigenvalue weighted by Gasteiger charge is -2.27. The van der Waals surface area contributed by atoms with Crippen LogP contribution in [0.1, 0.15) is 5.56 Å². The number of likely N-dealkylation sites (N-methyl/N-ethyl adjacent to an activating group) is 1. The van der Waals surface area contributed by atoms with Gasteiger partial charge in [0.2, 0.25) is 5.79 Å². The second-order valence-electron chi connectivity index (χ2n) is 3.71. The lowest BCUT2D eigenvalue weighted by atomic mass is 10.1. The van der Waals surface area contributed by atoms with Gasteiger partial charge in [-0.1, -0.05) is 0 Å². The summed E-state index contributed by atoms with van der Waals surface area (Å²) < 4.78 is 16.6. The van der Waals surface area contributed by atoms with Crippen LogP contribution in [0.2, 0.25) is 0 Å². The number of benzene rings is 1. The van der Waals surface area contributed by atoms with Crippen molar-refractivity contribution in [3.05, 3.63) is 29.8 Å². The van der Waals surface area contributed by atoms with Crippen molar-refractivity contribution in [1.29, 1.82) is 0 Å². The van der Waals surface area contributed by atoms with Crippen molar-refractivity contribution < 1.29 is 14.2 Å². The molecule has 1 aliphatic heterocycles. The largest absolute Gasteiger partial charge is 0.497 e. The highest BCUT2D eigenvalue weighted by Crippen LogP contribution is 2.31. The molecule has 0 unspecified atom stereocenters. The van der Waals surface area contributed by atoms with Crippen LogP contribution in [0.4, 0.5) is 0 Å². The zero-order valence-corrected chi connectivity index (χ0v) is 9.66. The van der Waals surface area contributed by atoms with E-state index in [0.717, 1.165) is 11.3 Å². The first kappa shape index (κ1) is 11.4. The first-order valence-corrected chi connectivity index (χ1v) is 5.38. The molecule has 4 nitrogen and oxygen atoms in total. The smallest absolute Gasteiger partial charge is 0.207 e. The topological polar surface area (TPSA) is 39.7 Å². The Bertz CT molecular complexity index is 331. The van der Waals surface area contributed by atoms with E-state index in [9.17, 15) is 0 Å². The molecular weight excluding hydrogens is 206 g/mol. The van der Waals surface area contributed by atoms with E-state index in [1.807, 2.05) is 31.3 Å². The second kappa shape index (κ2) is 4.82. The molecule has 2 rings (SSSR count). The highest BCUT2D eigenvalue weighted by molar-refractivity contribution is 5.30. The molecule has 0 bridgehead atoms. The predicted molar refractivity (Wildman–Crippen MR) is 60.5 cm³/mol. The number of nitrogens with one attached hydrogen (secondary N) is 1. The molecule has 0 amide bonds. The summed E-state index contributed by atoms with van der Waals surface area (Å²) in [5, 5.41) is 3.10. The predicted octanol–water partition coefficient (Wildman–Crippen LogP) is 1.11. The van der Waals surface area contributed by atoms with Gasteiger partial charge in [0, 0.05) is 5.56 Å². The van der Waals surface area contributed by atoms with Crippen molar-refractivity contribution in [3.63, 3.8) is 0 Å². The Hall–Kier alpha value is -1.10. The van der Waals surface area contributed by atoms with Gasteiger partial charge in [-0.2, -0.15) is 0 Å². The fourth-order valence-electron chi connectivity index (χ4n) is 1.90. The normalized spacial score (nSPS) is 18.6. The zero-order chi connectivity index (χ0) is 11.4. The molecule has 1 aromatic carbocycles. The lowest BCUT2D eigenvalue weighted by molar-refractivity contribution is -0.161. The molecule has 1 N–H and O–H groups in total. The van der Waals surface area contributed by atoms with E-state index in [-0.39, 0.29) is 0 Å². The maximum Gasteiger partial charge on any atom is 0.207 e. The van der Waals surface area contributed by atoms with Gasteiger partial charge in [-0.3, -0.25) is 0 Å². The Labute approximate surface area is 95.5 Å². The summed E-state index contributed by atoms with van der Waals surface area (Å²) >= 11 is 0. The van der Waals surface area contributed by atoms with Gasteiger partial charge in [-0.05, 0) is 31.3 Å². The van der Waals surface area contributed by atoms with E-state index in [0.29, 0.717) is 19.8 Å². The fourth-order valence-corrected chi connectivity index (χ4v) is 1.90. The molecule has 1 aliphatic rings. The van der Waals surface area contributed by atoms with E-state index in [1.54, 1.807) is 7.11 Å². The number of rotatable bonds is 4. The summed E-state index contributed by atoms with van der Waals surface area (Å²) in [6.45, 7) is 1.90. The Morgan fingerprint density at radius 3 is 2.38 bits per heavy atom. The third-order valence-electron chi connectivity index (χ3n) is 2.69. The molecule has 0 atom stereocenters. The van der Waals surface area contributed by atoms with Crippen LogP contribution >= 0.6 is 0 Å². The van der Waals surface area contributed by atoms with Crippen molar-refractivity contribution in [1.82, 2.24) is 5.32 Å². The van der Waals surface area contributed by atoms with Crippen LogP contribution in [0.5, 0.6) is 5.75 Å². The molecule has 1 fully saturated rings. The Kier molecular flexibility index (Phi) is 3.43. The molecule has 1 heterocycles.